The fourth-order valence-electron chi connectivity index (χ4n) is 2.25. The molecule has 0 spiro atoms. The zero-order chi connectivity index (χ0) is 13.4. The van der Waals surface area contributed by atoms with Crippen molar-refractivity contribution in [2.24, 2.45) is 4.99 Å². The summed E-state index contributed by atoms with van der Waals surface area (Å²) in [4.78, 5) is 6.79. The number of aliphatic imine (C=N–C) groups is 1. The third kappa shape index (κ3) is 2.28. The van der Waals surface area contributed by atoms with Gasteiger partial charge in [-0.05, 0) is 24.3 Å². The highest BCUT2D eigenvalue weighted by Gasteiger charge is 2.20. The van der Waals surface area contributed by atoms with Crippen LogP contribution in [0.25, 0.3) is 0 Å². The molecule has 2 nitrogen and oxygen atoms in total. The van der Waals surface area contributed by atoms with Crippen LogP contribution in [0.4, 0.5) is 5.69 Å². The molecule has 3 rings (SSSR count). The van der Waals surface area contributed by atoms with E-state index in [1.165, 1.54) is 5.69 Å². The zero-order valence-corrected chi connectivity index (χ0v) is 12.7. The van der Waals surface area contributed by atoms with Gasteiger partial charge in [-0.15, -0.1) is 0 Å². The summed E-state index contributed by atoms with van der Waals surface area (Å²) in [7, 11) is 2.04. The third-order valence-corrected chi connectivity index (χ3v) is 4.02. The molecule has 0 atom stereocenters. The molecule has 96 valence electrons. The molecule has 19 heavy (non-hydrogen) atoms. The Kier molecular flexibility index (Phi) is 3.33. The van der Waals surface area contributed by atoms with Crippen molar-refractivity contribution < 1.29 is 0 Å². The Hall–Kier alpha value is -1.32. The summed E-state index contributed by atoms with van der Waals surface area (Å²) >= 11 is 9.82. The van der Waals surface area contributed by atoms with E-state index in [2.05, 4.69) is 38.0 Å². The molecule has 0 N–H and O–H groups in total. The van der Waals surface area contributed by atoms with Gasteiger partial charge in [0, 0.05) is 33.4 Å². The summed E-state index contributed by atoms with van der Waals surface area (Å²) in [6, 6.07) is 14.1. The molecule has 0 aliphatic carbocycles. The Morgan fingerprint density at radius 3 is 2.74 bits per heavy atom. The van der Waals surface area contributed by atoms with Gasteiger partial charge in [-0.3, -0.25) is 4.99 Å². The van der Waals surface area contributed by atoms with Crippen molar-refractivity contribution in [1.29, 1.82) is 0 Å². The number of benzene rings is 2. The van der Waals surface area contributed by atoms with Gasteiger partial charge in [-0.1, -0.05) is 45.7 Å². The maximum Gasteiger partial charge on any atom is 0.110 e. The first-order chi connectivity index (χ1) is 9.16. The highest BCUT2D eigenvalue weighted by molar-refractivity contribution is 9.10. The highest BCUT2D eigenvalue weighted by atomic mass is 79.9. The predicted molar refractivity (Wildman–Crippen MR) is 84.5 cm³/mol. The van der Waals surface area contributed by atoms with Gasteiger partial charge >= 0.3 is 0 Å². The van der Waals surface area contributed by atoms with Crippen LogP contribution in [0, 0.1) is 0 Å². The summed E-state index contributed by atoms with van der Waals surface area (Å²) in [5, 5.41) is 0.733. The summed E-state index contributed by atoms with van der Waals surface area (Å²) in [5.74, 6) is 0. The van der Waals surface area contributed by atoms with E-state index in [0.29, 0.717) is 6.67 Å². The molecule has 1 heterocycles. The molecule has 0 bridgehead atoms. The molecule has 0 radical (unpaired) electrons. The topological polar surface area (TPSA) is 15.6 Å². The van der Waals surface area contributed by atoms with Crippen molar-refractivity contribution in [1.82, 2.24) is 0 Å². The van der Waals surface area contributed by atoms with E-state index in [1.807, 2.05) is 37.4 Å². The van der Waals surface area contributed by atoms with Crippen LogP contribution in [0.3, 0.4) is 0 Å². The number of nitrogens with zero attached hydrogens (tertiary/aromatic N) is 2. The average molecular weight is 336 g/mol. The van der Waals surface area contributed by atoms with Gasteiger partial charge in [-0.25, -0.2) is 0 Å². The van der Waals surface area contributed by atoms with Crippen LogP contribution >= 0.6 is 27.5 Å². The van der Waals surface area contributed by atoms with E-state index in [0.717, 1.165) is 26.3 Å². The molecule has 1 aliphatic heterocycles. The van der Waals surface area contributed by atoms with Gasteiger partial charge in [0.1, 0.15) is 6.67 Å². The SMILES string of the molecule is CN1CN=C(c2ccccc2Cl)c2cc(Br)ccc21. The number of rotatable bonds is 1. The van der Waals surface area contributed by atoms with Gasteiger partial charge in [0.2, 0.25) is 0 Å². The highest BCUT2D eigenvalue weighted by Crippen LogP contribution is 2.31. The first-order valence-electron chi connectivity index (χ1n) is 5.97. The first-order valence-corrected chi connectivity index (χ1v) is 7.14. The lowest BCUT2D eigenvalue weighted by Crippen LogP contribution is -2.26. The number of halogens is 2. The van der Waals surface area contributed by atoms with Gasteiger partial charge in [0.05, 0.1) is 5.71 Å². The summed E-state index contributed by atoms with van der Waals surface area (Å²) in [5.41, 5.74) is 4.22. The number of hydrogen-bond donors (Lipinski definition) is 0. The molecule has 4 heteroatoms. The lowest BCUT2D eigenvalue weighted by Gasteiger charge is -2.27. The molecule has 1 aliphatic rings. The van der Waals surface area contributed by atoms with Crippen LogP contribution in [0.15, 0.2) is 51.9 Å². The Morgan fingerprint density at radius 2 is 1.95 bits per heavy atom. The lowest BCUT2D eigenvalue weighted by atomic mass is 9.99. The fourth-order valence-corrected chi connectivity index (χ4v) is 2.84. The minimum absolute atomic E-state index is 0.648. The van der Waals surface area contributed by atoms with E-state index in [1.54, 1.807) is 0 Å². The zero-order valence-electron chi connectivity index (χ0n) is 10.4. The van der Waals surface area contributed by atoms with Crippen molar-refractivity contribution in [3.8, 4) is 0 Å². The smallest absolute Gasteiger partial charge is 0.110 e. The van der Waals surface area contributed by atoms with E-state index in [-0.39, 0.29) is 0 Å². The molecule has 0 saturated heterocycles. The number of anilines is 1. The van der Waals surface area contributed by atoms with Crippen LogP contribution in [0.1, 0.15) is 11.1 Å². The maximum atomic E-state index is 6.29. The molecule has 0 fully saturated rings. The van der Waals surface area contributed by atoms with Crippen LogP contribution in [0.5, 0.6) is 0 Å². The number of hydrogen-bond acceptors (Lipinski definition) is 2. The second-order valence-corrected chi connectivity index (χ2v) is 5.81. The minimum Gasteiger partial charge on any atom is -0.355 e. The minimum atomic E-state index is 0.648. The fraction of sp³-hybridized carbons (Fsp3) is 0.133. The Labute approximate surface area is 125 Å². The number of fused-ring (bicyclic) bond motifs is 1. The van der Waals surface area contributed by atoms with Crippen molar-refractivity contribution in [3.63, 3.8) is 0 Å². The predicted octanol–water partition coefficient (Wildman–Crippen LogP) is 4.35. The van der Waals surface area contributed by atoms with Gasteiger partial charge in [-0.2, -0.15) is 0 Å². The molecular formula is C15H12BrClN2. The normalized spacial score (nSPS) is 14.1. The monoisotopic (exact) mass is 334 g/mol. The lowest BCUT2D eigenvalue weighted by molar-refractivity contribution is 0.916. The summed E-state index contributed by atoms with van der Waals surface area (Å²) < 4.78 is 1.04. The van der Waals surface area contributed by atoms with Crippen LogP contribution in [-0.4, -0.2) is 19.4 Å². The third-order valence-electron chi connectivity index (χ3n) is 3.19. The second kappa shape index (κ2) is 4.99. The summed E-state index contributed by atoms with van der Waals surface area (Å²) in [6.07, 6.45) is 0. The van der Waals surface area contributed by atoms with E-state index < -0.39 is 0 Å². The standard InChI is InChI=1S/C15H12BrClN2/c1-19-9-18-15(11-4-2-3-5-13(11)17)12-8-10(16)6-7-14(12)19/h2-8H,9H2,1H3. The van der Waals surface area contributed by atoms with Gasteiger partial charge in [0.25, 0.3) is 0 Å². The molecule has 0 unspecified atom stereocenters. The second-order valence-electron chi connectivity index (χ2n) is 4.49. The van der Waals surface area contributed by atoms with E-state index >= 15 is 0 Å². The van der Waals surface area contributed by atoms with Gasteiger partial charge < -0.3 is 4.90 Å². The van der Waals surface area contributed by atoms with E-state index in [4.69, 9.17) is 11.6 Å². The molecule has 0 aromatic heterocycles. The van der Waals surface area contributed by atoms with Crippen molar-refractivity contribution in [3.05, 3.63) is 63.1 Å². The van der Waals surface area contributed by atoms with Crippen molar-refractivity contribution >= 4 is 38.9 Å². The Morgan fingerprint density at radius 1 is 1.16 bits per heavy atom. The van der Waals surface area contributed by atoms with Gasteiger partial charge in [0.15, 0.2) is 0 Å². The van der Waals surface area contributed by atoms with E-state index in [9.17, 15) is 0 Å². The molecule has 0 saturated carbocycles. The maximum absolute atomic E-state index is 6.29. The molecular weight excluding hydrogens is 324 g/mol. The average Bonchev–Trinajstić information content (AvgIpc) is 2.40. The quantitative estimate of drug-likeness (QED) is 0.756. The van der Waals surface area contributed by atoms with Crippen molar-refractivity contribution in [2.75, 3.05) is 18.6 Å². The first kappa shape index (κ1) is 12.7. The van der Waals surface area contributed by atoms with Crippen LogP contribution in [-0.2, 0) is 0 Å². The Balaban J connectivity index is 2.20. The molecule has 0 amide bonds. The summed E-state index contributed by atoms with van der Waals surface area (Å²) in [6.45, 7) is 0.648. The molecule has 2 aromatic carbocycles. The Bertz CT molecular complexity index is 667. The van der Waals surface area contributed by atoms with Crippen LogP contribution < -0.4 is 4.90 Å². The van der Waals surface area contributed by atoms with Crippen molar-refractivity contribution in [2.45, 2.75) is 0 Å². The van der Waals surface area contributed by atoms with Crippen LogP contribution in [0.2, 0.25) is 5.02 Å². The molecule has 2 aromatic rings. The largest absolute Gasteiger partial charge is 0.355 e.